The number of hydrogen-bond donors (Lipinski definition) is 2. The number of carbonyl (C=O) groups is 1. The topological polar surface area (TPSA) is 80.4 Å². The Balaban J connectivity index is 2.20. The van der Waals surface area contributed by atoms with Crippen LogP contribution in [0.25, 0.3) is 0 Å². The summed E-state index contributed by atoms with van der Waals surface area (Å²) in [7, 11) is 1.52. The minimum atomic E-state index is -0.405. The molecule has 0 aliphatic rings. The predicted molar refractivity (Wildman–Crippen MR) is 71.1 cm³/mol. The molecule has 1 rings (SSSR count). The lowest BCUT2D eigenvalue weighted by Crippen LogP contribution is -2.20. The molecule has 6 heteroatoms. The van der Waals surface area contributed by atoms with Gasteiger partial charge in [-0.15, -0.1) is 0 Å². The van der Waals surface area contributed by atoms with E-state index in [-0.39, 0.29) is 0 Å². The normalized spacial score (nSPS) is 11.2. The molecule has 0 aromatic carbocycles. The Bertz CT molecular complexity index is 380. The Morgan fingerprint density at radius 2 is 2.41 bits per heavy atom. The van der Waals surface area contributed by atoms with E-state index in [1.54, 1.807) is 18.0 Å². The number of thioether (sulfide) groups is 1. The fourth-order valence-corrected chi connectivity index (χ4v) is 1.96. The number of rotatable bonds is 5. The molecule has 0 fully saturated rings. The van der Waals surface area contributed by atoms with E-state index in [0.29, 0.717) is 12.3 Å². The highest BCUT2D eigenvalue weighted by Gasteiger charge is 1.99. The van der Waals surface area contributed by atoms with Gasteiger partial charge >= 0.3 is 6.03 Å². The number of nitrogens with two attached hydrogens (primary N) is 1. The summed E-state index contributed by atoms with van der Waals surface area (Å²) < 4.78 is 0. The number of amides is 2. The standard InChI is InChI=1S/C11H16N4OS/c1-13-11(16)15-10(12)5-7-17-8-9-4-2-3-6-14-9/h2-4,6H,5,7-8H2,1H3,(H3,12,13,15,16). The minimum absolute atomic E-state index is 0.359. The molecule has 0 saturated carbocycles. The summed E-state index contributed by atoms with van der Waals surface area (Å²) in [5.41, 5.74) is 6.63. The molecule has 0 radical (unpaired) electrons. The van der Waals surface area contributed by atoms with Crippen LogP contribution in [0.2, 0.25) is 0 Å². The van der Waals surface area contributed by atoms with E-state index in [1.807, 2.05) is 18.2 Å². The smallest absolute Gasteiger partial charge is 0.342 e. The van der Waals surface area contributed by atoms with Gasteiger partial charge in [0.2, 0.25) is 0 Å². The van der Waals surface area contributed by atoms with E-state index in [0.717, 1.165) is 17.2 Å². The Morgan fingerprint density at radius 1 is 1.59 bits per heavy atom. The third-order valence-corrected chi connectivity index (χ3v) is 2.93. The van der Waals surface area contributed by atoms with Gasteiger partial charge in [0.15, 0.2) is 0 Å². The molecule has 2 amide bonds. The van der Waals surface area contributed by atoms with Crippen molar-refractivity contribution in [3.8, 4) is 0 Å². The number of hydrogen-bond acceptors (Lipinski definition) is 3. The van der Waals surface area contributed by atoms with E-state index in [2.05, 4.69) is 15.3 Å². The van der Waals surface area contributed by atoms with E-state index < -0.39 is 6.03 Å². The van der Waals surface area contributed by atoms with Crippen molar-refractivity contribution in [3.63, 3.8) is 0 Å². The molecule has 0 bridgehead atoms. The van der Waals surface area contributed by atoms with Crippen LogP contribution in [0.3, 0.4) is 0 Å². The SMILES string of the molecule is CNC(=O)N=C(N)CCSCc1ccccn1. The molecule has 0 spiro atoms. The highest BCUT2D eigenvalue weighted by Crippen LogP contribution is 2.10. The molecule has 0 aliphatic carbocycles. The second-order valence-corrected chi connectivity index (χ2v) is 4.39. The molecular formula is C11H16N4OS. The molecule has 5 nitrogen and oxygen atoms in total. The van der Waals surface area contributed by atoms with Crippen LogP contribution >= 0.6 is 11.8 Å². The van der Waals surface area contributed by atoms with Gasteiger partial charge in [-0.1, -0.05) is 6.07 Å². The monoisotopic (exact) mass is 252 g/mol. The Labute approximate surface area is 105 Å². The van der Waals surface area contributed by atoms with Crippen molar-refractivity contribution < 1.29 is 4.79 Å². The molecule has 1 aromatic heterocycles. The van der Waals surface area contributed by atoms with E-state index in [1.165, 1.54) is 7.05 Å². The van der Waals surface area contributed by atoms with Gasteiger partial charge in [-0.3, -0.25) is 4.98 Å². The van der Waals surface area contributed by atoms with Crippen molar-refractivity contribution in [2.24, 2.45) is 10.7 Å². The zero-order valence-corrected chi connectivity index (χ0v) is 10.5. The van der Waals surface area contributed by atoms with Gasteiger partial charge in [-0.25, -0.2) is 4.79 Å². The van der Waals surface area contributed by atoms with Crippen molar-refractivity contribution in [1.82, 2.24) is 10.3 Å². The number of urea groups is 1. The van der Waals surface area contributed by atoms with Crippen molar-refractivity contribution in [3.05, 3.63) is 30.1 Å². The molecular weight excluding hydrogens is 236 g/mol. The first-order valence-electron chi connectivity index (χ1n) is 5.24. The number of amidine groups is 1. The fourth-order valence-electron chi connectivity index (χ4n) is 1.08. The first-order valence-corrected chi connectivity index (χ1v) is 6.40. The summed E-state index contributed by atoms with van der Waals surface area (Å²) in [4.78, 5) is 18.7. The van der Waals surface area contributed by atoms with Gasteiger partial charge in [-0.05, 0) is 12.1 Å². The van der Waals surface area contributed by atoms with Crippen molar-refractivity contribution in [2.45, 2.75) is 12.2 Å². The lowest BCUT2D eigenvalue weighted by molar-refractivity contribution is 0.251. The van der Waals surface area contributed by atoms with Crippen LogP contribution in [0.5, 0.6) is 0 Å². The average molecular weight is 252 g/mol. The lowest BCUT2D eigenvalue weighted by atomic mass is 10.4. The summed E-state index contributed by atoms with van der Waals surface area (Å²) in [6, 6.07) is 5.43. The molecule has 0 saturated heterocycles. The molecule has 1 aromatic rings. The Kier molecular flexibility index (Phi) is 6.09. The van der Waals surface area contributed by atoms with Crippen LogP contribution < -0.4 is 11.1 Å². The number of nitrogens with zero attached hydrogens (tertiary/aromatic N) is 2. The van der Waals surface area contributed by atoms with Crippen molar-refractivity contribution in [1.29, 1.82) is 0 Å². The summed E-state index contributed by atoms with van der Waals surface area (Å²) in [6.07, 6.45) is 2.38. The van der Waals surface area contributed by atoms with Gasteiger partial charge < -0.3 is 11.1 Å². The summed E-state index contributed by atoms with van der Waals surface area (Å²) in [5, 5.41) is 2.39. The Morgan fingerprint density at radius 3 is 3.06 bits per heavy atom. The number of nitrogens with one attached hydrogen (secondary N) is 1. The van der Waals surface area contributed by atoms with Gasteiger partial charge in [0.1, 0.15) is 5.84 Å². The molecule has 17 heavy (non-hydrogen) atoms. The third kappa shape index (κ3) is 5.91. The molecule has 3 N–H and O–H groups in total. The van der Waals surface area contributed by atoms with Gasteiger partial charge in [0, 0.05) is 31.2 Å². The maximum atomic E-state index is 10.9. The maximum Gasteiger partial charge on any atom is 0.342 e. The molecule has 92 valence electrons. The molecule has 0 unspecified atom stereocenters. The second-order valence-electron chi connectivity index (χ2n) is 3.28. The van der Waals surface area contributed by atoms with Gasteiger partial charge in [0.25, 0.3) is 0 Å². The summed E-state index contributed by atoms with van der Waals surface area (Å²) in [6.45, 7) is 0. The number of pyridine rings is 1. The van der Waals surface area contributed by atoms with Gasteiger partial charge in [0.05, 0.1) is 5.69 Å². The highest BCUT2D eigenvalue weighted by molar-refractivity contribution is 7.98. The van der Waals surface area contributed by atoms with E-state index in [9.17, 15) is 4.79 Å². The predicted octanol–water partition coefficient (Wildman–Crippen LogP) is 1.40. The highest BCUT2D eigenvalue weighted by atomic mass is 32.2. The van der Waals surface area contributed by atoms with Crippen LogP contribution in [0.1, 0.15) is 12.1 Å². The van der Waals surface area contributed by atoms with Gasteiger partial charge in [-0.2, -0.15) is 16.8 Å². The van der Waals surface area contributed by atoms with Crippen LogP contribution in [0.4, 0.5) is 4.79 Å². The number of carbonyl (C=O) groups excluding carboxylic acids is 1. The average Bonchev–Trinajstić information content (AvgIpc) is 2.36. The first kappa shape index (κ1) is 13.5. The molecule has 0 aliphatic heterocycles. The summed E-state index contributed by atoms with van der Waals surface area (Å²) in [5.74, 6) is 2.02. The van der Waals surface area contributed by atoms with Crippen LogP contribution in [-0.4, -0.2) is 29.7 Å². The van der Waals surface area contributed by atoms with Crippen LogP contribution in [-0.2, 0) is 5.75 Å². The zero-order chi connectivity index (χ0) is 12.5. The quantitative estimate of drug-likeness (QED) is 0.471. The second kappa shape index (κ2) is 7.67. The van der Waals surface area contributed by atoms with Crippen LogP contribution in [0.15, 0.2) is 29.4 Å². The largest absolute Gasteiger partial charge is 0.387 e. The first-order chi connectivity index (χ1) is 8.22. The number of aliphatic imine (C=N–C) groups is 1. The zero-order valence-electron chi connectivity index (χ0n) is 9.72. The molecule has 0 atom stereocenters. The number of aromatic nitrogens is 1. The Hall–Kier alpha value is -1.56. The molecule has 1 heterocycles. The maximum absolute atomic E-state index is 10.9. The fraction of sp³-hybridized carbons (Fsp3) is 0.364. The minimum Gasteiger partial charge on any atom is -0.387 e. The van der Waals surface area contributed by atoms with Crippen molar-refractivity contribution >= 4 is 23.6 Å². The van der Waals surface area contributed by atoms with Crippen LogP contribution in [0, 0.1) is 0 Å². The van der Waals surface area contributed by atoms with E-state index >= 15 is 0 Å². The third-order valence-electron chi connectivity index (χ3n) is 1.94. The van der Waals surface area contributed by atoms with Crippen molar-refractivity contribution in [2.75, 3.05) is 12.8 Å². The van der Waals surface area contributed by atoms with E-state index in [4.69, 9.17) is 5.73 Å². The summed E-state index contributed by atoms with van der Waals surface area (Å²) >= 11 is 1.71. The lowest BCUT2D eigenvalue weighted by Gasteiger charge is -2.01.